The lowest BCUT2D eigenvalue weighted by Crippen LogP contribution is -2.07. The highest BCUT2D eigenvalue weighted by Crippen LogP contribution is 2.29. The number of fused-ring (bicyclic) bond motifs is 1. The number of hydrogen-bond acceptors (Lipinski definition) is 2. The number of aromatic nitrogens is 1. The predicted molar refractivity (Wildman–Crippen MR) is 87.2 cm³/mol. The SMILES string of the molecule is CNCc1ncc(-c2ccccc2)c2ccccc12.Cl. The molecular formula is C17H17ClN2. The third kappa shape index (κ3) is 2.67. The first kappa shape index (κ1) is 14.5. The fraction of sp³-hybridized carbons (Fsp3) is 0.118. The van der Waals surface area contributed by atoms with Gasteiger partial charge in [-0.25, -0.2) is 0 Å². The molecule has 0 aliphatic carbocycles. The highest BCUT2D eigenvalue weighted by atomic mass is 35.5. The standard InChI is InChI=1S/C17H16N2.ClH/c1-18-12-17-15-10-6-5-9-14(15)16(11-19-17)13-7-3-2-4-8-13;/h2-11,18H,12H2,1H3;1H. The van der Waals surface area contributed by atoms with Gasteiger partial charge in [0.05, 0.1) is 5.69 Å². The van der Waals surface area contributed by atoms with Crippen molar-refractivity contribution < 1.29 is 0 Å². The van der Waals surface area contributed by atoms with Gasteiger partial charge in [-0.15, -0.1) is 12.4 Å². The molecule has 0 radical (unpaired) electrons. The molecule has 0 atom stereocenters. The van der Waals surface area contributed by atoms with Crippen LogP contribution in [0.3, 0.4) is 0 Å². The van der Waals surface area contributed by atoms with E-state index in [9.17, 15) is 0 Å². The van der Waals surface area contributed by atoms with Gasteiger partial charge in [-0.2, -0.15) is 0 Å². The van der Waals surface area contributed by atoms with E-state index in [4.69, 9.17) is 0 Å². The smallest absolute Gasteiger partial charge is 0.0620 e. The molecule has 1 aromatic heterocycles. The van der Waals surface area contributed by atoms with Crippen LogP contribution in [-0.2, 0) is 6.54 Å². The number of pyridine rings is 1. The van der Waals surface area contributed by atoms with Gasteiger partial charge in [0, 0.05) is 23.7 Å². The molecule has 0 amide bonds. The number of nitrogens with one attached hydrogen (secondary N) is 1. The topological polar surface area (TPSA) is 24.9 Å². The fourth-order valence-electron chi connectivity index (χ4n) is 2.41. The zero-order chi connectivity index (χ0) is 13.1. The number of nitrogens with zero attached hydrogens (tertiary/aromatic N) is 1. The summed E-state index contributed by atoms with van der Waals surface area (Å²) < 4.78 is 0. The van der Waals surface area contributed by atoms with Gasteiger partial charge in [-0.05, 0) is 18.0 Å². The molecule has 0 bridgehead atoms. The van der Waals surface area contributed by atoms with Gasteiger partial charge in [0.25, 0.3) is 0 Å². The Bertz CT molecular complexity index is 696. The average molecular weight is 285 g/mol. The molecule has 0 fully saturated rings. The van der Waals surface area contributed by atoms with E-state index in [1.54, 1.807) is 0 Å². The van der Waals surface area contributed by atoms with Gasteiger partial charge in [0.1, 0.15) is 0 Å². The van der Waals surface area contributed by atoms with Crippen LogP contribution in [0.15, 0.2) is 60.8 Å². The summed E-state index contributed by atoms with van der Waals surface area (Å²) in [7, 11) is 1.95. The van der Waals surface area contributed by atoms with Crippen molar-refractivity contribution in [1.82, 2.24) is 10.3 Å². The van der Waals surface area contributed by atoms with Gasteiger partial charge in [0.15, 0.2) is 0 Å². The Morgan fingerprint density at radius 2 is 1.55 bits per heavy atom. The molecule has 102 valence electrons. The summed E-state index contributed by atoms with van der Waals surface area (Å²) in [5.41, 5.74) is 3.50. The molecule has 20 heavy (non-hydrogen) atoms. The van der Waals surface area contributed by atoms with Crippen molar-refractivity contribution in [3.63, 3.8) is 0 Å². The van der Waals surface area contributed by atoms with Crippen molar-refractivity contribution in [2.45, 2.75) is 6.54 Å². The number of halogens is 1. The van der Waals surface area contributed by atoms with Crippen LogP contribution >= 0.6 is 12.4 Å². The summed E-state index contributed by atoms with van der Waals surface area (Å²) in [6.07, 6.45) is 1.98. The molecule has 3 aromatic rings. The van der Waals surface area contributed by atoms with Gasteiger partial charge in [0.2, 0.25) is 0 Å². The van der Waals surface area contributed by atoms with Crippen molar-refractivity contribution >= 4 is 23.2 Å². The Balaban J connectivity index is 0.00000147. The third-order valence-electron chi connectivity index (χ3n) is 3.31. The minimum absolute atomic E-state index is 0. The summed E-state index contributed by atoms with van der Waals surface area (Å²) >= 11 is 0. The predicted octanol–water partition coefficient (Wildman–Crippen LogP) is 4.04. The number of rotatable bonds is 3. The van der Waals surface area contributed by atoms with Crippen LogP contribution < -0.4 is 5.32 Å². The Morgan fingerprint density at radius 1 is 0.900 bits per heavy atom. The van der Waals surface area contributed by atoms with Gasteiger partial charge < -0.3 is 5.32 Å². The normalized spacial score (nSPS) is 10.2. The maximum atomic E-state index is 4.61. The lowest BCUT2D eigenvalue weighted by Gasteiger charge is -2.10. The van der Waals surface area contributed by atoms with Crippen LogP contribution in [0.1, 0.15) is 5.69 Å². The van der Waals surface area contributed by atoms with E-state index in [-0.39, 0.29) is 12.4 Å². The minimum Gasteiger partial charge on any atom is -0.314 e. The van der Waals surface area contributed by atoms with Crippen LogP contribution in [0.5, 0.6) is 0 Å². The Morgan fingerprint density at radius 3 is 2.25 bits per heavy atom. The van der Waals surface area contributed by atoms with Crippen molar-refractivity contribution in [2.75, 3.05) is 7.05 Å². The van der Waals surface area contributed by atoms with Gasteiger partial charge in [-0.1, -0.05) is 54.6 Å². The van der Waals surface area contributed by atoms with Crippen molar-refractivity contribution in [3.05, 3.63) is 66.5 Å². The first-order valence-electron chi connectivity index (χ1n) is 6.47. The highest BCUT2D eigenvalue weighted by Gasteiger charge is 2.07. The zero-order valence-electron chi connectivity index (χ0n) is 11.3. The van der Waals surface area contributed by atoms with E-state index >= 15 is 0 Å². The van der Waals surface area contributed by atoms with Crippen LogP contribution in [-0.4, -0.2) is 12.0 Å². The molecular weight excluding hydrogens is 268 g/mol. The summed E-state index contributed by atoms with van der Waals surface area (Å²) in [5.74, 6) is 0. The first-order chi connectivity index (χ1) is 9.40. The van der Waals surface area contributed by atoms with Crippen LogP contribution in [0.2, 0.25) is 0 Å². The molecule has 1 N–H and O–H groups in total. The first-order valence-corrected chi connectivity index (χ1v) is 6.47. The second-order valence-electron chi connectivity index (χ2n) is 4.56. The molecule has 0 aliphatic heterocycles. The summed E-state index contributed by atoms with van der Waals surface area (Å²) in [5, 5.41) is 5.65. The minimum atomic E-state index is 0. The molecule has 0 unspecified atom stereocenters. The lowest BCUT2D eigenvalue weighted by atomic mass is 9.99. The second kappa shape index (κ2) is 6.51. The number of hydrogen-bond donors (Lipinski definition) is 1. The Kier molecular flexibility index (Phi) is 4.72. The molecule has 3 heteroatoms. The van der Waals surface area contributed by atoms with Crippen molar-refractivity contribution in [1.29, 1.82) is 0 Å². The summed E-state index contributed by atoms with van der Waals surface area (Å²) in [4.78, 5) is 4.61. The van der Waals surface area contributed by atoms with Gasteiger partial charge in [-0.3, -0.25) is 4.98 Å². The summed E-state index contributed by atoms with van der Waals surface area (Å²) in [6.45, 7) is 0.787. The van der Waals surface area contributed by atoms with E-state index < -0.39 is 0 Å². The highest BCUT2D eigenvalue weighted by molar-refractivity contribution is 5.97. The Labute approximate surface area is 125 Å². The lowest BCUT2D eigenvalue weighted by molar-refractivity contribution is 0.799. The molecule has 0 aliphatic rings. The molecule has 1 heterocycles. The number of benzene rings is 2. The van der Waals surface area contributed by atoms with E-state index in [1.807, 2.05) is 19.3 Å². The van der Waals surface area contributed by atoms with E-state index in [0.717, 1.165) is 12.2 Å². The summed E-state index contributed by atoms with van der Waals surface area (Å²) in [6, 6.07) is 18.9. The third-order valence-corrected chi connectivity index (χ3v) is 3.31. The van der Waals surface area contributed by atoms with Crippen molar-refractivity contribution in [2.24, 2.45) is 0 Å². The fourth-order valence-corrected chi connectivity index (χ4v) is 2.41. The molecule has 0 spiro atoms. The maximum Gasteiger partial charge on any atom is 0.0620 e. The molecule has 0 saturated heterocycles. The monoisotopic (exact) mass is 284 g/mol. The molecule has 2 aromatic carbocycles. The largest absolute Gasteiger partial charge is 0.314 e. The Hall–Kier alpha value is -1.90. The zero-order valence-corrected chi connectivity index (χ0v) is 12.2. The quantitative estimate of drug-likeness (QED) is 0.785. The maximum absolute atomic E-state index is 4.61. The second-order valence-corrected chi connectivity index (χ2v) is 4.56. The van der Waals surface area contributed by atoms with Crippen LogP contribution in [0.25, 0.3) is 21.9 Å². The molecule has 0 saturated carbocycles. The molecule has 2 nitrogen and oxygen atoms in total. The van der Waals surface area contributed by atoms with Crippen LogP contribution in [0, 0.1) is 0 Å². The van der Waals surface area contributed by atoms with Crippen molar-refractivity contribution in [3.8, 4) is 11.1 Å². The van der Waals surface area contributed by atoms with Gasteiger partial charge >= 0.3 is 0 Å². The van der Waals surface area contributed by atoms with Crippen LogP contribution in [0.4, 0.5) is 0 Å². The average Bonchev–Trinajstić information content (AvgIpc) is 2.49. The van der Waals surface area contributed by atoms with E-state index in [2.05, 4.69) is 58.8 Å². The van der Waals surface area contributed by atoms with E-state index in [0.29, 0.717) is 0 Å². The molecule has 3 rings (SSSR count). The van der Waals surface area contributed by atoms with E-state index in [1.165, 1.54) is 21.9 Å².